The molecule has 1 aromatic rings. The summed E-state index contributed by atoms with van der Waals surface area (Å²) in [6, 6.07) is 0.0915. The van der Waals surface area contributed by atoms with E-state index >= 15 is 0 Å². The van der Waals surface area contributed by atoms with Gasteiger partial charge in [0.2, 0.25) is 0 Å². The molecule has 6 heteroatoms. The molecule has 17 heavy (non-hydrogen) atoms. The molecule has 1 fully saturated rings. The van der Waals surface area contributed by atoms with Crippen LogP contribution in [0, 0.1) is 0 Å². The number of carbonyl (C=O) groups excluding carboxylic acids is 1. The van der Waals surface area contributed by atoms with Crippen LogP contribution in [0.25, 0.3) is 0 Å². The van der Waals surface area contributed by atoms with Crippen LogP contribution in [0.1, 0.15) is 19.8 Å². The quantitative estimate of drug-likeness (QED) is 0.779. The number of hydrogen-bond donors (Lipinski definition) is 1. The van der Waals surface area contributed by atoms with Gasteiger partial charge in [0.25, 0.3) is 0 Å². The first-order chi connectivity index (χ1) is 8.19. The van der Waals surface area contributed by atoms with Crippen molar-refractivity contribution in [1.29, 1.82) is 0 Å². The number of halogens is 1. The van der Waals surface area contributed by atoms with Gasteiger partial charge >= 0.3 is 5.97 Å². The maximum absolute atomic E-state index is 11.8. The first-order valence-electron chi connectivity index (χ1n) is 5.79. The van der Waals surface area contributed by atoms with Crippen molar-refractivity contribution in [2.24, 2.45) is 0 Å². The summed E-state index contributed by atoms with van der Waals surface area (Å²) in [5.74, 6) is -0.231. The van der Waals surface area contributed by atoms with Crippen LogP contribution in [0.2, 0.25) is 5.02 Å². The van der Waals surface area contributed by atoms with Gasteiger partial charge in [-0.05, 0) is 19.8 Å². The Labute approximate surface area is 105 Å². The van der Waals surface area contributed by atoms with E-state index in [2.05, 4.69) is 10.4 Å². The molecule has 0 spiro atoms. The van der Waals surface area contributed by atoms with E-state index in [0.717, 1.165) is 12.8 Å². The minimum absolute atomic E-state index is 0.231. The zero-order chi connectivity index (χ0) is 12.3. The summed E-state index contributed by atoms with van der Waals surface area (Å²) >= 11 is 5.78. The summed E-state index contributed by atoms with van der Waals surface area (Å²) in [5.41, 5.74) is 0. The molecule has 1 aromatic heterocycles. The fourth-order valence-corrected chi connectivity index (χ4v) is 1.75. The van der Waals surface area contributed by atoms with Crippen molar-refractivity contribution in [2.75, 3.05) is 6.61 Å². The number of nitrogens with zero attached hydrogens (tertiary/aromatic N) is 2. The molecule has 0 saturated heterocycles. The molecule has 0 bridgehead atoms. The monoisotopic (exact) mass is 257 g/mol. The molecule has 1 aliphatic rings. The van der Waals surface area contributed by atoms with Gasteiger partial charge in [-0.1, -0.05) is 11.6 Å². The number of rotatable bonds is 6. The third kappa shape index (κ3) is 3.71. The summed E-state index contributed by atoms with van der Waals surface area (Å²) in [5, 5.41) is 7.89. The van der Waals surface area contributed by atoms with Crippen molar-refractivity contribution < 1.29 is 9.53 Å². The average molecular weight is 258 g/mol. The van der Waals surface area contributed by atoms with E-state index in [-0.39, 0.29) is 12.0 Å². The third-order valence-electron chi connectivity index (χ3n) is 2.56. The summed E-state index contributed by atoms with van der Waals surface area (Å²) in [6.07, 6.45) is 5.49. The highest BCUT2D eigenvalue weighted by Gasteiger charge is 2.29. The van der Waals surface area contributed by atoms with E-state index in [0.29, 0.717) is 24.2 Å². The molecular weight excluding hydrogens is 242 g/mol. The second-order valence-corrected chi connectivity index (χ2v) is 4.56. The standard InChI is InChI=1S/C11H16ClN3O2/c1-2-17-11(16)10(14-9-3-4-9)7-15-6-8(12)5-13-15/h5-6,9-10,14H,2-4,7H2,1H3. The average Bonchev–Trinajstić information content (AvgIpc) is 3.01. The Kier molecular flexibility index (Phi) is 4.02. The fraction of sp³-hybridized carbons (Fsp3) is 0.636. The number of hydrogen-bond acceptors (Lipinski definition) is 4. The molecule has 2 rings (SSSR count). The van der Waals surface area contributed by atoms with E-state index in [4.69, 9.17) is 16.3 Å². The lowest BCUT2D eigenvalue weighted by Crippen LogP contribution is -2.42. The van der Waals surface area contributed by atoms with Gasteiger partial charge in [-0.3, -0.25) is 9.48 Å². The van der Waals surface area contributed by atoms with E-state index in [1.165, 1.54) is 0 Å². The van der Waals surface area contributed by atoms with Crippen molar-refractivity contribution in [1.82, 2.24) is 15.1 Å². The Morgan fingerprint density at radius 3 is 3.06 bits per heavy atom. The Morgan fingerprint density at radius 1 is 1.76 bits per heavy atom. The van der Waals surface area contributed by atoms with E-state index in [9.17, 15) is 4.79 Å². The topological polar surface area (TPSA) is 56.2 Å². The molecule has 0 amide bonds. The highest BCUT2D eigenvalue weighted by Crippen LogP contribution is 2.20. The van der Waals surface area contributed by atoms with Crippen LogP contribution in [-0.2, 0) is 16.1 Å². The lowest BCUT2D eigenvalue weighted by molar-refractivity contribution is -0.146. The van der Waals surface area contributed by atoms with Crippen LogP contribution in [0.3, 0.4) is 0 Å². The highest BCUT2D eigenvalue weighted by molar-refractivity contribution is 6.30. The molecule has 1 N–H and O–H groups in total. The van der Waals surface area contributed by atoms with Crippen LogP contribution < -0.4 is 5.32 Å². The van der Waals surface area contributed by atoms with Gasteiger partial charge < -0.3 is 10.1 Å². The van der Waals surface area contributed by atoms with Crippen molar-refractivity contribution in [3.8, 4) is 0 Å². The maximum atomic E-state index is 11.8. The predicted molar refractivity (Wildman–Crippen MR) is 63.8 cm³/mol. The predicted octanol–water partition coefficient (Wildman–Crippen LogP) is 1.22. The van der Waals surface area contributed by atoms with E-state index in [1.54, 1.807) is 24.0 Å². The van der Waals surface area contributed by atoms with Gasteiger partial charge in [0.15, 0.2) is 0 Å². The maximum Gasteiger partial charge on any atom is 0.325 e. The largest absolute Gasteiger partial charge is 0.465 e. The van der Waals surface area contributed by atoms with Gasteiger partial charge in [-0.2, -0.15) is 5.10 Å². The Hall–Kier alpha value is -1.07. The molecule has 0 aliphatic heterocycles. The number of carbonyl (C=O) groups is 1. The van der Waals surface area contributed by atoms with Gasteiger partial charge in [0, 0.05) is 12.2 Å². The van der Waals surface area contributed by atoms with Crippen LogP contribution in [-0.4, -0.2) is 34.4 Å². The number of nitrogens with one attached hydrogen (secondary N) is 1. The molecule has 0 radical (unpaired) electrons. The third-order valence-corrected chi connectivity index (χ3v) is 2.75. The highest BCUT2D eigenvalue weighted by atomic mass is 35.5. The van der Waals surface area contributed by atoms with Gasteiger partial charge in [-0.25, -0.2) is 0 Å². The van der Waals surface area contributed by atoms with Gasteiger partial charge in [-0.15, -0.1) is 0 Å². The summed E-state index contributed by atoms with van der Waals surface area (Å²) < 4.78 is 6.69. The first kappa shape index (κ1) is 12.4. The molecule has 1 aliphatic carbocycles. The minimum atomic E-state index is -0.349. The van der Waals surface area contributed by atoms with E-state index < -0.39 is 0 Å². The second kappa shape index (κ2) is 5.51. The van der Waals surface area contributed by atoms with Crippen molar-refractivity contribution in [2.45, 2.75) is 38.4 Å². The zero-order valence-electron chi connectivity index (χ0n) is 9.73. The minimum Gasteiger partial charge on any atom is -0.465 e. The summed E-state index contributed by atoms with van der Waals surface area (Å²) in [6.45, 7) is 2.64. The molecule has 1 unspecified atom stereocenters. The van der Waals surface area contributed by atoms with Crippen molar-refractivity contribution in [3.05, 3.63) is 17.4 Å². The SMILES string of the molecule is CCOC(=O)C(Cn1cc(Cl)cn1)NC1CC1. The number of esters is 1. The Balaban J connectivity index is 1.96. The molecule has 1 atom stereocenters. The number of ether oxygens (including phenoxy) is 1. The first-order valence-corrected chi connectivity index (χ1v) is 6.17. The lowest BCUT2D eigenvalue weighted by Gasteiger charge is -2.16. The lowest BCUT2D eigenvalue weighted by atomic mass is 10.3. The van der Waals surface area contributed by atoms with Crippen LogP contribution in [0.5, 0.6) is 0 Å². The molecule has 5 nitrogen and oxygen atoms in total. The molecule has 0 aromatic carbocycles. The van der Waals surface area contributed by atoms with Gasteiger partial charge in [0.05, 0.1) is 24.4 Å². The van der Waals surface area contributed by atoms with Crippen LogP contribution in [0.15, 0.2) is 12.4 Å². The van der Waals surface area contributed by atoms with Crippen molar-refractivity contribution >= 4 is 17.6 Å². The fourth-order valence-electron chi connectivity index (χ4n) is 1.60. The summed E-state index contributed by atoms with van der Waals surface area (Å²) in [4.78, 5) is 11.8. The molecule has 1 saturated carbocycles. The van der Waals surface area contributed by atoms with Crippen LogP contribution in [0.4, 0.5) is 0 Å². The van der Waals surface area contributed by atoms with Gasteiger partial charge in [0.1, 0.15) is 6.04 Å². The molecular formula is C11H16ClN3O2. The second-order valence-electron chi connectivity index (χ2n) is 4.13. The normalized spacial score (nSPS) is 16.8. The Bertz CT molecular complexity index is 390. The smallest absolute Gasteiger partial charge is 0.325 e. The number of aromatic nitrogens is 2. The Morgan fingerprint density at radius 2 is 2.53 bits per heavy atom. The zero-order valence-corrected chi connectivity index (χ0v) is 10.5. The van der Waals surface area contributed by atoms with Crippen LogP contribution >= 0.6 is 11.6 Å². The van der Waals surface area contributed by atoms with E-state index in [1.807, 2.05) is 0 Å². The molecule has 1 heterocycles. The van der Waals surface area contributed by atoms with Crippen molar-refractivity contribution in [3.63, 3.8) is 0 Å². The molecule has 94 valence electrons. The summed E-state index contributed by atoms with van der Waals surface area (Å²) in [7, 11) is 0.